The van der Waals surface area contributed by atoms with Gasteiger partial charge in [-0.2, -0.15) is 8.75 Å². The van der Waals surface area contributed by atoms with Gasteiger partial charge in [-0.05, 0) is 20.1 Å². The number of aromatic nitrogens is 2. The summed E-state index contributed by atoms with van der Waals surface area (Å²) in [4.78, 5) is 0. The van der Waals surface area contributed by atoms with Crippen LogP contribution in [0, 0.1) is 0 Å². The molecule has 0 atom stereocenters. The second kappa shape index (κ2) is 5.30. The number of nitrogens with zero attached hydrogens (tertiary/aromatic N) is 2. The van der Waals surface area contributed by atoms with Crippen molar-refractivity contribution in [1.82, 2.24) is 8.75 Å². The number of halogens is 2. The van der Waals surface area contributed by atoms with E-state index in [0.717, 1.165) is 23.9 Å². The highest BCUT2D eigenvalue weighted by molar-refractivity contribution is 9.12. The number of benzene rings is 1. The summed E-state index contributed by atoms with van der Waals surface area (Å²) in [5, 5.41) is 0. The highest BCUT2D eigenvalue weighted by Crippen LogP contribution is 2.39. The van der Waals surface area contributed by atoms with Gasteiger partial charge in [-0.1, -0.05) is 68.3 Å². The van der Waals surface area contributed by atoms with Crippen molar-refractivity contribution < 1.29 is 0 Å². The normalized spacial score (nSPS) is 17.8. The van der Waals surface area contributed by atoms with Crippen molar-refractivity contribution in [3.05, 3.63) is 56.5 Å². The van der Waals surface area contributed by atoms with Gasteiger partial charge in [0.2, 0.25) is 0 Å². The van der Waals surface area contributed by atoms with Gasteiger partial charge in [0.05, 0.1) is 11.7 Å². The van der Waals surface area contributed by atoms with E-state index in [1.54, 1.807) is 0 Å². The minimum atomic E-state index is 0.932. The van der Waals surface area contributed by atoms with Gasteiger partial charge in [-0.25, -0.2) is 0 Å². The lowest BCUT2D eigenvalue weighted by atomic mass is 9.97. The van der Waals surface area contributed by atoms with Crippen LogP contribution in [0.3, 0.4) is 0 Å². The SMILES string of the molecule is BrC1=CC=C(c2ccc(C3=CC=C(Br)C3)c3nsnc23)C1. The average molecular weight is 422 g/mol. The molecule has 2 aliphatic rings. The van der Waals surface area contributed by atoms with Crippen molar-refractivity contribution >= 4 is 65.8 Å². The third kappa shape index (κ3) is 2.37. The molecule has 5 heteroatoms. The van der Waals surface area contributed by atoms with Crippen LogP contribution >= 0.6 is 43.6 Å². The van der Waals surface area contributed by atoms with Crippen LogP contribution in [0.5, 0.6) is 0 Å². The van der Waals surface area contributed by atoms with Gasteiger partial charge in [0.25, 0.3) is 0 Å². The second-order valence-corrected chi connectivity index (χ2v) is 7.65. The van der Waals surface area contributed by atoms with E-state index in [-0.39, 0.29) is 0 Å². The lowest BCUT2D eigenvalue weighted by molar-refractivity contribution is 1.39. The van der Waals surface area contributed by atoms with E-state index < -0.39 is 0 Å². The average Bonchev–Trinajstić information content (AvgIpc) is 3.18. The summed E-state index contributed by atoms with van der Waals surface area (Å²) in [6, 6.07) is 4.36. The number of hydrogen-bond donors (Lipinski definition) is 0. The van der Waals surface area contributed by atoms with Gasteiger partial charge in [0.15, 0.2) is 0 Å². The molecule has 104 valence electrons. The molecule has 0 fully saturated rings. The van der Waals surface area contributed by atoms with E-state index in [9.17, 15) is 0 Å². The molecule has 2 aromatic rings. The topological polar surface area (TPSA) is 25.8 Å². The summed E-state index contributed by atoms with van der Waals surface area (Å²) in [7, 11) is 0. The van der Waals surface area contributed by atoms with Crippen LogP contribution in [-0.4, -0.2) is 8.75 Å². The summed E-state index contributed by atoms with van der Waals surface area (Å²) < 4.78 is 11.5. The van der Waals surface area contributed by atoms with E-state index in [1.807, 2.05) is 0 Å². The molecule has 0 bridgehead atoms. The van der Waals surface area contributed by atoms with E-state index in [2.05, 4.69) is 77.0 Å². The van der Waals surface area contributed by atoms with E-state index >= 15 is 0 Å². The number of rotatable bonds is 2. The van der Waals surface area contributed by atoms with Crippen molar-refractivity contribution in [2.45, 2.75) is 12.8 Å². The second-order valence-electron chi connectivity index (χ2n) is 5.09. The Balaban J connectivity index is 1.82. The van der Waals surface area contributed by atoms with E-state index in [1.165, 1.54) is 43.0 Å². The van der Waals surface area contributed by atoms with Crippen LogP contribution in [0.15, 0.2) is 45.4 Å². The zero-order chi connectivity index (χ0) is 14.4. The molecule has 0 amide bonds. The first kappa shape index (κ1) is 13.6. The van der Waals surface area contributed by atoms with E-state index in [0.29, 0.717) is 0 Å². The fraction of sp³-hybridized carbons (Fsp3) is 0.125. The Hall–Kier alpha value is -1.04. The summed E-state index contributed by atoms with van der Waals surface area (Å²) >= 11 is 8.41. The van der Waals surface area contributed by atoms with Crippen molar-refractivity contribution in [2.24, 2.45) is 0 Å². The zero-order valence-electron chi connectivity index (χ0n) is 10.9. The molecular weight excluding hydrogens is 412 g/mol. The molecule has 0 aliphatic heterocycles. The van der Waals surface area contributed by atoms with Crippen LogP contribution < -0.4 is 0 Å². The van der Waals surface area contributed by atoms with Gasteiger partial charge in [-0.15, -0.1) is 0 Å². The summed E-state index contributed by atoms with van der Waals surface area (Å²) in [6.45, 7) is 0. The van der Waals surface area contributed by atoms with Gasteiger partial charge in [0.1, 0.15) is 11.0 Å². The first-order valence-corrected chi connectivity index (χ1v) is 8.90. The van der Waals surface area contributed by atoms with Gasteiger partial charge in [-0.3, -0.25) is 0 Å². The molecule has 2 nitrogen and oxygen atoms in total. The highest BCUT2D eigenvalue weighted by Gasteiger charge is 2.18. The Morgan fingerprint density at radius 1 is 0.762 bits per heavy atom. The highest BCUT2D eigenvalue weighted by atomic mass is 79.9. The molecule has 2 aliphatic carbocycles. The molecule has 1 heterocycles. The fourth-order valence-corrected chi connectivity index (χ4v) is 4.18. The Morgan fingerprint density at radius 2 is 1.24 bits per heavy atom. The van der Waals surface area contributed by atoms with Crippen LogP contribution in [0.25, 0.3) is 22.2 Å². The van der Waals surface area contributed by atoms with Crippen molar-refractivity contribution in [3.8, 4) is 0 Å². The Labute approximate surface area is 143 Å². The van der Waals surface area contributed by atoms with Crippen molar-refractivity contribution in [2.75, 3.05) is 0 Å². The van der Waals surface area contributed by atoms with Crippen LogP contribution in [0.4, 0.5) is 0 Å². The van der Waals surface area contributed by atoms with E-state index in [4.69, 9.17) is 0 Å². The number of allylic oxidation sites excluding steroid dienone is 8. The van der Waals surface area contributed by atoms with Crippen LogP contribution in [0.1, 0.15) is 24.0 Å². The standard InChI is InChI=1S/C16H10Br2N2S/c17-11-3-1-9(7-11)13-5-6-14(10-2-4-12(18)8-10)16-15(13)19-21-20-16/h1-6H,7-8H2. The molecule has 1 aromatic heterocycles. The summed E-state index contributed by atoms with van der Waals surface area (Å²) in [6.07, 6.45) is 10.4. The minimum Gasteiger partial charge on any atom is -0.172 e. The molecule has 0 spiro atoms. The molecule has 0 saturated carbocycles. The third-order valence-electron chi connectivity index (χ3n) is 3.76. The molecule has 1 aromatic carbocycles. The molecule has 0 radical (unpaired) electrons. The minimum absolute atomic E-state index is 0.932. The lowest BCUT2D eigenvalue weighted by Crippen LogP contribution is -1.90. The molecule has 0 unspecified atom stereocenters. The fourth-order valence-electron chi connectivity index (χ4n) is 2.74. The van der Waals surface area contributed by atoms with Crippen LogP contribution in [0.2, 0.25) is 0 Å². The first-order valence-electron chi connectivity index (χ1n) is 6.59. The molecular formula is C16H10Br2N2S. The number of fused-ring (bicyclic) bond motifs is 1. The zero-order valence-corrected chi connectivity index (χ0v) is 14.9. The number of hydrogen-bond acceptors (Lipinski definition) is 3. The smallest absolute Gasteiger partial charge is 0.112 e. The monoisotopic (exact) mass is 420 g/mol. The Morgan fingerprint density at radius 3 is 1.62 bits per heavy atom. The van der Waals surface area contributed by atoms with Crippen molar-refractivity contribution in [3.63, 3.8) is 0 Å². The third-order valence-corrected chi connectivity index (χ3v) is 5.37. The van der Waals surface area contributed by atoms with Gasteiger partial charge < -0.3 is 0 Å². The summed E-state index contributed by atoms with van der Waals surface area (Å²) in [5.74, 6) is 0. The van der Waals surface area contributed by atoms with Crippen molar-refractivity contribution in [1.29, 1.82) is 0 Å². The Bertz CT molecular complexity index is 802. The lowest BCUT2D eigenvalue weighted by Gasteiger charge is -2.08. The molecule has 0 N–H and O–H groups in total. The quantitative estimate of drug-likeness (QED) is 0.610. The molecule has 4 rings (SSSR count). The van der Waals surface area contributed by atoms with Crippen LogP contribution in [-0.2, 0) is 0 Å². The predicted octanol–water partition coefficient (Wildman–Crippen LogP) is 5.82. The van der Waals surface area contributed by atoms with Gasteiger partial charge in [0, 0.05) is 24.0 Å². The maximum atomic E-state index is 4.53. The Kier molecular flexibility index (Phi) is 3.44. The summed E-state index contributed by atoms with van der Waals surface area (Å²) in [5.41, 5.74) is 7.01. The maximum absolute atomic E-state index is 4.53. The maximum Gasteiger partial charge on any atom is 0.112 e. The largest absolute Gasteiger partial charge is 0.172 e. The first-order chi connectivity index (χ1) is 10.2. The predicted molar refractivity (Wildman–Crippen MR) is 96.6 cm³/mol. The van der Waals surface area contributed by atoms with Gasteiger partial charge >= 0.3 is 0 Å². The molecule has 0 saturated heterocycles. The molecule has 21 heavy (non-hydrogen) atoms.